The van der Waals surface area contributed by atoms with Crippen molar-refractivity contribution in [2.45, 2.75) is 6.54 Å². The van der Waals surface area contributed by atoms with E-state index >= 15 is 0 Å². The molecule has 0 atom stereocenters. The molecule has 6 nitrogen and oxygen atoms in total. The summed E-state index contributed by atoms with van der Waals surface area (Å²) in [6, 6.07) is 9.91. The monoisotopic (exact) mass is 287 g/mol. The first-order valence-electron chi connectivity index (χ1n) is 6.24. The number of amides is 1. The first-order chi connectivity index (χ1) is 9.81. The summed E-state index contributed by atoms with van der Waals surface area (Å²) in [5.41, 5.74) is 1.41. The van der Waals surface area contributed by atoms with E-state index < -0.39 is 0 Å². The highest BCUT2D eigenvalue weighted by Gasteiger charge is 2.15. The molecule has 0 saturated heterocycles. The standard InChI is InChI=1S/C13H13N5OS/c19-12(15-13-14-6-7-20-13)11-9-18(17-16-11)8-10-4-2-1-3-5-10/h1-5,9H,6-8H2,(H,14,15,19). The lowest BCUT2D eigenvalue weighted by atomic mass is 10.2. The smallest absolute Gasteiger partial charge is 0.279 e. The van der Waals surface area contributed by atoms with Gasteiger partial charge in [-0.05, 0) is 5.56 Å². The molecule has 0 aliphatic carbocycles. The molecule has 0 bridgehead atoms. The summed E-state index contributed by atoms with van der Waals surface area (Å²) in [7, 11) is 0. The number of rotatable bonds is 3. The molecule has 0 saturated carbocycles. The second-order valence-corrected chi connectivity index (χ2v) is 5.36. The van der Waals surface area contributed by atoms with E-state index in [-0.39, 0.29) is 5.91 Å². The number of nitrogens with one attached hydrogen (secondary N) is 1. The van der Waals surface area contributed by atoms with Crippen LogP contribution in [0.1, 0.15) is 16.1 Å². The fourth-order valence-electron chi connectivity index (χ4n) is 1.82. The summed E-state index contributed by atoms with van der Waals surface area (Å²) in [5.74, 6) is 0.647. The third-order valence-electron chi connectivity index (χ3n) is 2.76. The number of thioether (sulfide) groups is 1. The van der Waals surface area contributed by atoms with Crippen molar-refractivity contribution in [2.75, 3.05) is 12.3 Å². The predicted molar refractivity (Wildman–Crippen MR) is 77.8 cm³/mol. The average molecular weight is 287 g/mol. The zero-order valence-corrected chi connectivity index (χ0v) is 11.5. The van der Waals surface area contributed by atoms with Gasteiger partial charge in [0.15, 0.2) is 10.9 Å². The van der Waals surface area contributed by atoms with Gasteiger partial charge in [-0.2, -0.15) is 0 Å². The van der Waals surface area contributed by atoms with Gasteiger partial charge >= 0.3 is 0 Å². The van der Waals surface area contributed by atoms with E-state index in [0.717, 1.165) is 17.9 Å². The number of amidine groups is 1. The van der Waals surface area contributed by atoms with Crippen LogP contribution in [-0.2, 0) is 6.54 Å². The molecular formula is C13H13N5OS. The van der Waals surface area contributed by atoms with E-state index in [1.54, 1.807) is 10.9 Å². The Bertz CT molecular complexity index is 637. The number of nitrogens with zero attached hydrogens (tertiary/aromatic N) is 4. The van der Waals surface area contributed by atoms with Gasteiger partial charge in [0.2, 0.25) is 0 Å². The molecule has 0 spiro atoms. The zero-order valence-electron chi connectivity index (χ0n) is 10.7. The SMILES string of the molecule is O=C(NC1=NCCS1)c1cn(Cc2ccccc2)nn1. The number of hydrogen-bond acceptors (Lipinski definition) is 5. The Morgan fingerprint density at radius 3 is 2.95 bits per heavy atom. The molecular weight excluding hydrogens is 274 g/mol. The van der Waals surface area contributed by atoms with E-state index in [1.807, 2.05) is 30.3 Å². The number of benzene rings is 1. The zero-order chi connectivity index (χ0) is 13.8. The van der Waals surface area contributed by atoms with Crippen molar-refractivity contribution in [2.24, 2.45) is 4.99 Å². The molecule has 1 amide bonds. The maximum absolute atomic E-state index is 11.9. The minimum Gasteiger partial charge on any atom is -0.300 e. The van der Waals surface area contributed by atoms with Crippen LogP contribution in [0.25, 0.3) is 0 Å². The first-order valence-corrected chi connectivity index (χ1v) is 7.22. The Labute approximate surface area is 120 Å². The molecule has 1 aromatic carbocycles. The Hall–Kier alpha value is -2.15. The van der Waals surface area contributed by atoms with Crippen LogP contribution in [0.15, 0.2) is 41.5 Å². The normalized spacial score (nSPS) is 14.1. The lowest BCUT2D eigenvalue weighted by molar-refractivity contribution is 0.0973. The predicted octanol–water partition coefficient (Wildman–Crippen LogP) is 1.16. The largest absolute Gasteiger partial charge is 0.300 e. The van der Waals surface area contributed by atoms with E-state index in [2.05, 4.69) is 20.6 Å². The second-order valence-electron chi connectivity index (χ2n) is 4.28. The molecule has 1 N–H and O–H groups in total. The number of carbonyl (C=O) groups excluding carboxylic acids is 1. The minimum atomic E-state index is -0.266. The molecule has 1 aliphatic heterocycles. The van der Waals surface area contributed by atoms with Crippen LogP contribution in [0.2, 0.25) is 0 Å². The molecule has 2 aromatic rings. The summed E-state index contributed by atoms with van der Waals surface area (Å²) in [6.45, 7) is 1.35. The Morgan fingerprint density at radius 2 is 2.20 bits per heavy atom. The molecule has 20 heavy (non-hydrogen) atoms. The maximum Gasteiger partial charge on any atom is 0.279 e. The van der Waals surface area contributed by atoms with Gasteiger partial charge in [-0.25, -0.2) is 4.68 Å². The van der Waals surface area contributed by atoms with Crippen LogP contribution in [-0.4, -0.2) is 38.4 Å². The molecule has 1 aliphatic rings. The molecule has 7 heteroatoms. The molecule has 0 unspecified atom stereocenters. The molecule has 102 valence electrons. The van der Waals surface area contributed by atoms with E-state index in [4.69, 9.17) is 0 Å². The van der Waals surface area contributed by atoms with Crippen LogP contribution in [0, 0.1) is 0 Å². The third-order valence-corrected chi connectivity index (χ3v) is 3.66. The third kappa shape index (κ3) is 3.05. The van der Waals surface area contributed by atoms with Gasteiger partial charge in [-0.15, -0.1) is 5.10 Å². The lowest BCUT2D eigenvalue weighted by Crippen LogP contribution is -2.27. The lowest BCUT2D eigenvalue weighted by Gasteiger charge is -2.00. The van der Waals surface area contributed by atoms with E-state index in [0.29, 0.717) is 17.4 Å². The fourth-order valence-corrected chi connectivity index (χ4v) is 2.55. The van der Waals surface area contributed by atoms with Gasteiger partial charge in [-0.1, -0.05) is 47.3 Å². The van der Waals surface area contributed by atoms with Crippen LogP contribution in [0.5, 0.6) is 0 Å². The van der Waals surface area contributed by atoms with Crippen molar-refractivity contribution < 1.29 is 4.79 Å². The second kappa shape index (κ2) is 5.87. The molecule has 2 heterocycles. The van der Waals surface area contributed by atoms with Crippen molar-refractivity contribution in [1.82, 2.24) is 20.3 Å². The number of carbonyl (C=O) groups is 1. The van der Waals surface area contributed by atoms with Gasteiger partial charge < -0.3 is 0 Å². The minimum absolute atomic E-state index is 0.266. The van der Waals surface area contributed by atoms with Gasteiger partial charge in [0.1, 0.15) is 0 Å². The summed E-state index contributed by atoms with van der Waals surface area (Å²) in [6.07, 6.45) is 1.64. The van der Waals surface area contributed by atoms with Gasteiger partial charge in [0, 0.05) is 5.75 Å². The van der Waals surface area contributed by atoms with Crippen molar-refractivity contribution in [3.8, 4) is 0 Å². The van der Waals surface area contributed by atoms with Crippen LogP contribution < -0.4 is 5.32 Å². The average Bonchev–Trinajstić information content (AvgIpc) is 3.11. The molecule has 3 rings (SSSR count). The van der Waals surface area contributed by atoms with Crippen molar-refractivity contribution >= 4 is 22.8 Å². The van der Waals surface area contributed by atoms with Crippen LogP contribution in [0.3, 0.4) is 0 Å². The first kappa shape index (κ1) is 12.9. The summed E-state index contributed by atoms with van der Waals surface area (Å²) < 4.78 is 1.65. The number of aliphatic imine (C=N–C) groups is 1. The van der Waals surface area contributed by atoms with Crippen LogP contribution in [0.4, 0.5) is 0 Å². The van der Waals surface area contributed by atoms with Crippen molar-refractivity contribution in [3.63, 3.8) is 0 Å². The molecule has 0 fully saturated rings. The fraction of sp³-hybridized carbons (Fsp3) is 0.231. The topological polar surface area (TPSA) is 72.2 Å². The Morgan fingerprint density at radius 1 is 1.35 bits per heavy atom. The number of hydrogen-bond donors (Lipinski definition) is 1. The van der Waals surface area contributed by atoms with Gasteiger partial charge in [0.25, 0.3) is 5.91 Å². The summed E-state index contributed by atoms with van der Waals surface area (Å²) in [4.78, 5) is 16.1. The Kier molecular flexibility index (Phi) is 3.78. The highest BCUT2D eigenvalue weighted by Crippen LogP contribution is 2.09. The van der Waals surface area contributed by atoms with E-state index in [9.17, 15) is 4.79 Å². The van der Waals surface area contributed by atoms with Crippen LogP contribution >= 0.6 is 11.8 Å². The quantitative estimate of drug-likeness (QED) is 0.919. The van der Waals surface area contributed by atoms with E-state index in [1.165, 1.54) is 11.8 Å². The summed E-state index contributed by atoms with van der Waals surface area (Å²) >= 11 is 1.54. The molecule has 0 radical (unpaired) electrons. The van der Waals surface area contributed by atoms with Gasteiger partial charge in [-0.3, -0.25) is 15.1 Å². The number of aromatic nitrogens is 3. The van der Waals surface area contributed by atoms with Crippen molar-refractivity contribution in [3.05, 3.63) is 47.8 Å². The highest BCUT2D eigenvalue weighted by atomic mass is 32.2. The maximum atomic E-state index is 11.9. The molecule has 1 aromatic heterocycles. The van der Waals surface area contributed by atoms with Gasteiger partial charge in [0.05, 0.1) is 19.3 Å². The van der Waals surface area contributed by atoms with Crippen molar-refractivity contribution in [1.29, 1.82) is 0 Å². The Balaban J connectivity index is 1.65. The highest BCUT2D eigenvalue weighted by molar-refractivity contribution is 8.14. The summed E-state index contributed by atoms with van der Waals surface area (Å²) in [5, 5.41) is 11.2.